The summed E-state index contributed by atoms with van der Waals surface area (Å²) in [4.78, 5) is 12.8. The fourth-order valence-electron chi connectivity index (χ4n) is 3.90. The molecule has 3 aromatic rings. The Morgan fingerprint density at radius 1 is 0.912 bits per heavy atom. The number of ether oxygens (including phenoxy) is 1. The predicted molar refractivity (Wildman–Crippen MR) is 129 cm³/mol. The molecule has 1 saturated heterocycles. The maximum absolute atomic E-state index is 12.7. The summed E-state index contributed by atoms with van der Waals surface area (Å²) in [5.41, 5.74) is 0.987. The molecule has 180 valence electrons. The second-order valence-electron chi connectivity index (χ2n) is 8.29. The van der Waals surface area contributed by atoms with Crippen LogP contribution in [0.2, 0.25) is 0 Å². The quantitative estimate of drug-likeness (QED) is 0.492. The fourth-order valence-corrected chi connectivity index (χ4v) is 6.09. The molecule has 0 amide bonds. The molecule has 0 unspecified atom stereocenters. The average Bonchev–Trinajstić information content (AvgIpc) is 2.79. The number of hydrogen-bond acceptors (Lipinski definition) is 6. The predicted octanol–water partition coefficient (Wildman–Crippen LogP) is 2.61. The zero-order valence-corrected chi connectivity index (χ0v) is 20.3. The minimum Gasteiger partial charge on any atom is -0.490 e. The van der Waals surface area contributed by atoms with Crippen LogP contribution in [0.15, 0.2) is 82.6 Å². The summed E-state index contributed by atoms with van der Waals surface area (Å²) in [6, 6.07) is 18.2. The Morgan fingerprint density at radius 2 is 1.56 bits per heavy atom. The summed E-state index contributed by atoms with van der Waals surface area (Å²) in [5, 5.41) is 0. The Labute approximate surface area is 199 Å². The highest BCUT2D eigenvalue weighted by Gasteiger charge is 2.29. The Bertz CT molecular complexity index is 1410. The summed E-state index contributed by atoms with van der Waals surface area (Å²) >= 11 is 0. The number of rotatable bonds is 7. The van der Waals surface area contributed by atoms with E-state index in [0.717, 1.165) is 11.8 Å². The first-order valence-electron chi connectivity index (χ1n) is 10.8. The maximum atomic E-state index is 12.7. The molecular weight excluding hydrogens is 476 g/mol. The van der Waals surface area contributed by atoms with Gasteiger partial charge < -0.3 is 4.74 Å². The maximum Gasteiger partial charge on any atom is 0.258 e. The van der Waals surface area contributed by atoms with Crippen molar-refractivity contribution in [2.75, 3.05) is 19.3 Å². The third-order valence-electron chi connectivity index (χ3n) is 5.72. The van der Waals surface area contributed by atoms with Crippen molar-refractivity contribution in [2.45, 2.75) is 29.6 Å². The smallest absolute Gasteiger partial charge is 0.258 e. The van der Waals surface area contributed by atoms with E-state index in [2.05, 4.69) is 0 Å². The van der Waals surface area contributed by atoms with Gasteiger partial charge in [-0.15, -0.1) is 0 Å². The molecule has 0 N–H and O–H groups in total. The van der Waals surface area contributed by atoms with Gasteiger partial charge in [0.15, 0.2) is 9.84 Å². The van der Waals surface area contributed by atoms with Crippen molar-refractivity contribution in [2.24, 2.45) is 0 Å². The number of aromatic nitrogens is 1. The van der Waals surface area contributed by atoms with Gasteiger partial charge in [-0.3, -0.25) is 9.36 Å². The zero-order chi connectivity index (χ0) is 24.3. The molecule has 34 heavy (non-hydrogen) atoms. The number of piperidine rings is 1. The first-order chi connectivity index (χ1) is 16.1. The number of pyridine rings is 1. The third kappa shape index (κ3) is 5.75. The topological polar surface area (TPSA) is 103 Å². The monoisotopic (exact) mass is 502 g/mol. The average molecular weight is 503 g/mol. The Kier molecular flexibility index (Phi) is 6.92. The van der Waals surface area contributed by atoms with Gasteiger partial charge in [0.2, 0.25) is 10.0 Å². The molecule has 0 spiro atoms. The van der Waals surface area contributed by atoms with E-state index in [1.165, 1.54) is 27.1 Å². The summed E-state index contributed by atoms with van der Waals surface area (Å²) in [5.74, 6) is 0.391. The van der Waals surface area contributed by atoms with Crippen LogP contribution in [0.25, 0.3) is 5.69 Å². The van der Waals surface area contributed by atoms with E-state index in [9.17, 15) is 21.6 Å². The van der Waals surface area contributed by atoms with Crippen LogP contribution in [0.5, 0.6) is 5.75 Å². The highest BCUT2D eigenvalue weighted by Crippen LogP contribution is 2.22. The number of sulfonamides is 1. The van der Waals surface area contributed by atoms with E-state index >= 15 is 0 Å². The van der Waals surface area contributed by atoms with E-state index < -0.39 is 19.9 Å². The van der Waals surface area contributed by atoms with Gasteiger partial charge in [-0.2, -0.15) is 0 Å². The van der Waals surface area contributed by atoms with Gasteiger partial charge in [-0.1, -0.05) is 30.3 Å². The largest absolute Gasteiger partial charge is 0.490 e. The van der Waals surface area contributed by atoms with Gasteiger partial charge in [0.05, 0.1) is 10.6 Å². The van der Waals surface area contributed by atoms with Crippen molar-refractivity contribution < 1.29 is 21.6 Å². The van der Waals surface area contributed by atoms with E-state index in [0.29, 0.717) is 37.4 Å². The summed E-state index contributed by atoms with van der Waals surface area (Å²) < 4.78 is 57.5. The van der Waals surface area contributed by atoms with Crippen LogP contribution in [0.1, 0.15) is 18.4 Å². The van der Waals surface area contributed by atoms with E-state index in [-0.39, 0.29) is 22.3 Å². The standard InChI is InChI=1S/C24H26N2O6S2/c1-33(28,29)23-9-7-20(8-10-23)26-16-13-22(17-24(26)27)32-21-11-14-25(15-12-21)34(30,31)18-19-5-3-2-4-6-19/h2-10,13,16-17,21H,11-12,14-15,18H2,1H3. The van der Waals surface area contributed by atoms with E-state index in [1.54, 1.807) is 36.5 Å². The molecular formula is C24H26N2O6S2. The molecule has 1 aliphatic rings. The van der Waals surface area contributed by atoms with E-state index in [1.807, 2.05) is 18.2 Å². The molecule has 8 nitrogen and oxygen atoms in total. The first-order valence-corrected chi connectivity index (χ1v) is 14.3. The number of sulfone groups is 1. The SMILES string of the molecule is CS(=O)(=O)c1ccc(-n2ccc(OC3CCN(S(=O)(=O)Cc4ccccc4)CC3)cc2=O)cc1. The molecule has 0 saturated carbocycles. The molecule has 0 atom stereocenters. The summed E-state index contributed by atoms with van der Waals surface area (Å²) in [6.45, 7) is 0.729. The fraction of sp³-hybridized carbons (Fsp3) is 0.292. The second kappa shape index (κ2) is 9.73. The first kappa shape index (κ1) is 24.2. The Balaban J connectivity index is 1.37. The Hall–Kier alpha value is -2.95. The van der Waals surface area contributed by atoms with Crippen LogP contribution in [-0.4, -0.2) is 51.2 Å². The lowest BCUT2D eigenvalue weighted by atomic mass is 10.1. The molecule has 0 aliphatic carbocycles. The lowest BCUT2D eigenvalue weighted by Gasteiger charge is -2.31. The van der Waals surface area contributed by atoms with Crippen molar-refractivity contribution in [1.29, 1.82) is 0 Å². The van der Waals surface area contributed by atoms with Crippen molar-refractivity contribution in [3.05, 3.63) is 88.8 Å². The van der Waals surface area contributed by atoms with Crippen LogP contribution >= 0.6 is 0 Å². The minimum atomic E-state index is -3.40. The lowest BCUT2D eigenvalue weighted by Crippen LogP contribution is -2.42. The van der Waals surface area contributed by atoms with Gasteiger partial charge in [-0.25, -0.2) is 21.1 Å². The summed E-state index contributed by atoms with van der Waals surface area (Å²) in [7, 11) is -6.71. The molecule has 2 heterocycles. The van der Waals surface area contributed by atoms with Gasteiger partial charge in [0.1, 0.15) is 11.9 Å². The zero-order valence-electron chi connectivity index (χ0n) is 18.7. The van der Waals surface area contributed by atoms with Crippen LogP contribution in [0.4, 0.5) is 0 Å². The van der Waals surface area contributed by atoms with E-state index in [4.69, 9.17) is 4.74 Å². The van der Waals surface area contributed by atoms with Gasteiger partial charge in [-0.05, 0) is 48.7 Å². The van der Waals surface area contributed by atoms with Gasteiger partial charge in [0.25, 0.3) is 5.56 Å². The van der Waals surface area contributed by atoms with Crippen molar-refractivity contribution in [1.82, 2.24) is 8.87 Å². The molecule has 4 rings (SSSR count). The van der Waals surface area contributed by atoms with Gasteiger partial charge >= 0.3 is 0 Å². The minimum absolute atomic E-state index is 0.0250. The molecule has 0 bridgehead atoms. The summed E-state index contributed by atoms with van der Waals surface area (Å²) in [6.07, 6.45) is 3.58. The molecule has 1 aromatic heterocycles. The van der Waals surface area contributed by atoms with Gasteiger partial charge in [0, 0.05) is 37.3 Å². The van der Waals surface area contributed by atoms with Crippen molar-refractivity contribution in [3.63, 3.8) is 0 Å². The molecule has 0 radical (unpaired) electrons. The molecule has 1 aliphatic heterocycles. The molecule has 10 heteroatoms. The Morgan fingerprint density at radius 3 is 2.15 bits per heavy atom. The van der Waals surface area contributed by atoms with Crippen LogP contribution in [-0.2, 0) is 25.6 Å². The van der Waals surface area contributed by atoms with Crippen molar-refractivity contribution >= 4 is 19.9 Å². The number of nitrogens with zero attached hydrogens (tertiary/aromatic N) is 2. The molecule has 1 fully saturated rings. The third-order valence-corrected chi connectivity index (χ3v) is 8.70. The normalized spacial score (nSPS) is 15.8. The number of hydrogen-bond donors (Lipinski definition) is 0. The second-order valence-corrected chi connectivity index (χ2v) is 12.3. The lowest BCUT2D eigenvalue weighted by molar-refractivity contribution is 0.135. The molecule has 2 aromatic carbocycles. The number of benzene rings is 2. The van der Waals surface area contributed by atoms with Crippen LogP contribution < -0.4 is 10.3 Å². The highest BCUT2D eigenvalue weighted by atomic mass is 32.2. The highest BCUT2D eigenvalue weighted by molar-refractivity contribution is 7.90. The van der Waals surface area contributed by atoms with Crippen LogP contribution in [0.3, 0.4) is 0 Å². The van der Waals surface area contributed by atoms with Crippen molar-refractivity contribution in [3.8, 4) is 11.4 Å². The van der Waals surface area contributed by atoms with Crippen LogP contribution in [0, 0.1) is 0 Å².